The number of ether oxygens (including phenoxy) is 1. The molecule has 1 aliphatic rings. The molecule has 180 valence electrons. The summed E-state index contributed by atoms with van der Waals surface area (Å²) < 4.78 is 11.8. The van der Waals surface area contributed by atoms with Gasteiger partial charge in [-0.05, 0) is 74.4 Å². The lowest BCUT2D eigenvalue weighted by Gasteiger charge is -2.39. The molecule has 0 aliphatic heterocycles. The molecule has 6 heteroatoms. The first kappa shape index (κ1) is 27.1. The van der Waals surface area contributed by atoms with Gasteiger partial charge in [-0.1, -0.05) is 56.7 Å². The zero-order valence-corrected chi connectivity index (χ0v) is 22.4. The number of hydrogen-bond acceptors (Lipinski definition) is 4. The quantitative estimate of drug-likeness (QED) is 0.242. The van der Waals surface area contributed by atoms with E-state index in [-0.39, 0.29) is 29.5 Å². The van der Waals surface area contributed by atoms with E-state index in [1.165, 1.54) is 5.56 Å². The SMILES string of the molecule is CCOC(=O)CC1(O)CCCC(C=CC(Cc2ccc(Cl)cc2)O[Si](C)(C)C(C)(C)C)C1. The van der Waals surface area contributed by atoms with Gasteiger partial charge in [0.1, 0.15) is 0 Å². The maximum Gasteiger partial charge on any atom is 0.308 e. The van der Waals surface area contributed by atoms with Crippen molar-refractivity contribution >= 4 is 25.9 Å². The molecule has 0 bridgehead atoms. The number of rotatable bonds is 9. The van der Waals surface area contributed by atoms with Gasteiger partial charge in [0.05, 0.1) is 24.7 Å². The van der Waals surface area contributed by atoms with Crippen molar-refractivity contribution in [2.24, 2.45) is 5.92 Å². The molecule has 1 aromatic carbocycles. The summed E-state index contributed by atoms with van der Waals surface area (Å²) in [6, 6.07) is 7.94. The first-order valence-electron chi connectivity index (χ1n) is 11.8. The van der Waals surface area contributed by atoms with Crippen LogP contribution in [-0.4, -0.2) is 37.7 Å². The maximum absolute atomic E-state index is 11.9. The van der Waals surface area contributed by atoms with E-state index in [1.54, 1.807) is 6.92 Å². The van der Waals surface area contributed by atoms with Crippen LogP contribution in [0.3, 0.4) is 0 Å². The van der Waals surface area contributed by atoms with Gasteiger partial charge >= 0.3 is 5.97 Å². The van der Waals surface area contributed by atoms with Crippen molar-refractivity contribution in [3.8, 4) is 0 Å². The highest BCUT2D eigenvalue weighted by Crippen LogP contribution is 2.39. The second kappa shape index (κ2) is 11.3. The van der Waals surface area contributed by atoms with Gasteiger partial charge in [0.2, 0.25) is 0 Å². The second-order valence-corrected chi connectivity index (χ2v) is 15.9. The molecule has 1 N–H and O–H groups in total. The molecule has 1 aliphatic carbocycles. The normalized spacial score (nSPS) is 23.3. The molecule has 4 nitrogen and oxygen atoms in total. The monoisotopic (exact) mass is 480 g/mol. The number of aliphatic hydroxyl groups is 1. The molecule has 3 unspecified atom stereocenters. The molecule has 0 heterocycles. The number of carbonyl (C=O) groups is 1. The molecule has 0 spiro atoms. The lowest BCUT2D eigenvalue weighted by molar-refractivity contribution is -0.150. The third kappa shape index (κ3) is 8.33. The Morgan fingerprint density at radius 3 is 2.56 bits per heavy atom. The van der Waals surface area contributed by atoms with Crippen LogP contribution in [-0.2, 0) is 20.4 Å². The molecule has 0 saturated heterocycles. The van der Waals surface area contributed by atoms with E-state index in [1.807, 2.05) is 12.1 Å². The summed E-state index contributed by atoms with van der Waals surface area (Å²) in [5.41, 5.74) is 0.205. The molecule has 3 atom stereocenters. The molecular formula is C26H41ClO4Si. The van der Waals surface area contributed by atoms with Crippen LogP contribution in [0, 0.1) is 5.92 Å². The molecule has 0 amide bonds. The summed E-state index contributed by atoms with van der Waals surface area (Å²) in [5, 5.41) is 11.8. The van der Waals surface area contributed by atoms with E-state index in [4.69, 9.17) is 20.8 Å². The van der Waals surface area contributed by atoms with Crippen LogP contribution in [0.2, 0.25) is 23.2 Å². The highest BCUT2D eigenvalue weighted by atomic mass is 35.5. The van der Waals surface area contributed by atoms with Crippen molar-refractivity contribution in [3.63, 3.8) is 0 Å². The third-order valence-electron chi connectivity index (χ3n) is 6.84. The Labute approximate surface area is 200 Å². The van der Waals surface area contributed by atoms with Crippen molar-refractivity contribution in [1.29, 1.82) is 0 Å². The van der Waals surface area contributed by atoms with Crippen LogP contribution in [0.15, 0.2) is 36.4 Å². The summed E-state index contributed by atoms with van der Waals surface area (Å²) in [6.45, 7) is 13.4. The molecular weight excluding hydrogens is 440 g/mol. The molecule has 0 aromatic heterocycles. The minimum Gasteiger partial charge on any atom is -0.466 e. The topological polar surface area (TPSA) is 55.8 Å². The van der Waals surface area contributed by atoms with Crippen LogP contribution in [0.5, 0.6) is 0 Å². The van der Waals surface area contributed by atoms with Gasteiger partial charge in [0.15, 0.2) is 8.32 Å². The molecule has 1 fully saturated rings. The lowest BCUT2D eigenvalue weighted by atomic mass is 9.76. The molecule has 1 saturated carbocycles. The average Bonchev–Trinajstić information content (AvgIpc) is 2.66. The standard InChI is InChI=1S/C26H41ClO4Si/c1-7-30-24(28)19-26(29)16-8-9-21(18-26)12-15-23(31-32(5,6)25(2,3)4)17-20-10-13-22(27)14-11-20/h10-15,21,23,29H,7-9,16-19H2,1-6H3. The summed E-state index contributed by atoms with van der Waals surface area (Å²) in [5.74, 6) is -0.0968. The number of allylic oxidation sites excluding steroid dienone is 1. The molecule has 2 rings (SSSR count). The van der Waals surface area contributed by atoms with Crippen LogP contribution >= 0.6 is 11.6 Å². The van der Waals surface area contributed by atoms with Crippen molar-refractivity contribution in [3.05, 3.63) is 47.0 Å². The Hall–Kier alpha value is -1.14. The van der Waals surface area contributed by atoms with Crippen LogP contribution in [0.4, 0.5) is 0 Å². The Kier molecular flexibility index (Phi) is 9.59. The first-order valence-corrected chi connectivity index (χ1v) is 15.1. The van der Waals surface area contributed by atoms with E-state index in [9.17, 15) is 9.90 Å². The first-order chi connectivity index (χ1) is 14.8. The Balaban J connectivity index is 2.14. The fourth-order valence-electron chi connectivity index (χ4n) is 4.03. The smallest absolute Gasteiger partial charge is 0.308 e. The highest BCUT2D eigenvalue weighted by Gasteiger charge is 2.39. The predicted molar refractivity (Wildman–Crippen MR) is 135 cm³/mol. The summed E-state index contributed by atoms with van der Waals surface area (Å²) in [7, 11) is -1.97. The minimum absolute atomic E-state index is 0.0443. The lowest BCUT2D eigenvalue weighted by Crippen LogP contribution is -2.44. The van der Waals surface area contributed by atoms with Crippen LogP contribution in [0.25, 0.3) is 0 Å². The number of hydrogen-bond donors (Lipinski definition) is 1. The maximum atomic E-state index is 11.9. The fourth-order valence-corrected chi connectivity index (χ4v) is 5.43. The van der Waals surface area contributed by atoms with Crippen molar-refractivity contribution in [2.45, 2.75) is 96.1 Å². The van der Waals surface area contributed by atoms with Crippen molar-refractivity contribution in [2.75, 3.05) is 6.61 Å². The van der Waals surface area contributed by atoms with Crippen molar-refractivity contribution in [1.82, 2.24) is 0 Å². The van der Waals surface area contributed by atoms with Gasteiger partial charge in [-0.2, -0.15) is 0 Å². The van der Waals surface area contributed by atoms with E-state index < -0.39 is 13.9 Å². The van der Waals surface area contributed by atoms with Crippen molar-refractivity contribution < 1.29 is 19.1 Å². The summed E-state index contributed by atoms with van der Waals surface area (Å²) >= 11 is 6.06. The van der Waals surface area contributed by atoms with E-state index in [0.29, 0.717) is 19.4 Å². The summed E-state index contributed by atoms with van der Waals surface area (Å²) in [6.07, 6.45) is 8.31. The van der Waals surface area contributed by atoms with Gasteiger partial charge in [0, 0.05) is 11.4 Å². The largest absolute Gasteiger partial charge is 0.466 e. The number of esters is 1. The predicted octanol–water partition coefficient (Wildman–Crippen LogP) is 6.70. The fraction of sp³-hybridized carbons (Fsp3) is 0.654. The zero-order valence-electron chi connectivity index (χ0n) is 20.6. The Bertz CT molecular complexity index is 769. The van der Waals surface area contributed by atoms with Gasteiger partial charge in [-0.3, -0.25) is 4.79 Å². The molecule has 1 aromatic rings. The molecule has 32 heavy (non-hydrogen) atoms. The van der Waals surface area contributed by atoms with Gasteiger partial charge in [-0.25, -0.2) is 0 Å². The highest BCUT2D eigenvalue weighted by molar-refractivity contribution is 6.74. The van der Waals surface area contributed by atoms with Crippen LogP contribution in [0.1, 0.15) is 65.4 Å². The Morgan fingerprint density at radius 1 is 1.31 bits per heavy atom. The minimum atomic E-state index is -1.97. The van der Waals surface area contributed by atoms with Gasteiger partial charge < -0.3 is 14.3 Å². The number of carbonyl (C=O) groups excluding carboxylic acids is 1. The average molecular weight is 481 g/mol. The number of halogens is 1. The second-order valence-electron chi connectivity index (χ2n) is 10.7. The van der Waals surface area contributed by atoms with E-state index in [2.05, 4.69) is 58.2 Å². The van der Waals surface area contributed by atoms with E-state index in [0.717, 1.165) is 24.3 Å². The summed E-state index contributed by atoms with van der Waals surface area (Å²) in [4.78, 5) is 11.9. The van der Waals surface area contributed by atoms with E-state index >= 15 is 0 Å². The van der Waals surface area contributed by atoms with Crippen LogP contribution < -0.4 is 0 Å². The molecule has 0 radical (unpaired) electrons. The van der Waals surface area contributed by atoms with Gasteiger partial charge in [-0.15, -0.1) is 0 Å². The number of benzene rings is 1. The third-order valence-corrected chi connectivity index (χ3v) is 11.6. The van der Waals surface area contributed by atoms with Gasteiger partial charge in [0.25, 0.3) is 0 Å². The zero-order chi connectivity index (χ0) is 24.0. The Morgan fingerprint density at radius 2 is 1.97 bits per heavy atom.